The van der Waals surface area contributed by atoms with Crippen molar-refractivity contribution in [2.24, 2.45) is 5.92 Å². The molecule has 0 spiro atoms. The fraction of sp³-hybridized carbons (Fsp3) is 0.588. The largest absolute Gasteiger partial charge is 0.391 e. The standard InChI is InChI=1S/C17H27N3O2/c1-13-9-11-20(12-16(13)21)17(22)18-10-8-14-4-6-15(7-5-14)19(2)3/h4-7,13,16,21H,8-12H2,1-3H3,(H,18,22). The highest BCUT2D eigenvalue weighted by atomic mass is 16.3. The maximum absolute atomic E-state index is 12.1. The van der Waals surface area contributed by atoms with E-state index in [1.165, 1.54) is 11.3 Å². The highest BCUT2D eigenvalue weighted by molar-refractivity contribution is 5.74. The van der Waals surface area contributed by atoms with Crippen LogP contribution in [-0.2, 0) is 6.42 Å². The van der Waals surface area contributed by atoms with Crippen LogP contribution in [-0.4, -0.2) is 55.9 Å². The van der Waals surface area contributed by atoms with Crippen molar-refractivity contribution >= 4 is 11.7 Å². The zero-order valence-corrected chi connectivity index (χ0v) is 13.7. The van der Waals surface area contributed by atoms with Crippen molar-refractivity contribution < 1.29 is 9.90 Å². The van der Waals surface area contributed by atoms with Gasteiger partial charge in [0.15, 0.2) is 0 Å². The molecule has 5 heteroatoms. The Morgan fingerprint density at radius 1 is 1.36 bits per heavy atom. The molecular formula is C17H27N3O2. The molecule has 0 aromatic heterocycles. The minimum Gasteiger partial charge on any atom is -0.391 e. The lowest BCUT2D eigenvalue weighted by Gasteiger charge is -2.34. The second-order valence-electron chi connectivity index (χ2n) is 6.32. The number of carbonyl (C=O) groups is 1. The number of benzene rings is 1. The van der Waals surface area contributed by atoms with E-state index in [1.54, 1.807) is 4.90 Å². The van der Waals surface area contributed by atoms with Gasteiger partial charge in [0.05, 0.1) is 6.10 Å². The van der Waals surface area contributed by atoms with Crippen LogP contribution >= 0.6 is 0 Å². The lowest BCUT2D eigenvalue weighted by molar-refractivity contribution is 0.0436. The Labute approximate surface area is 132 Å². The summed E-state index contributed by atoms with van der Waals surface area (Å²) in [4.78, 5) is 15.9. The Balaban J connectivity index is 1.75. The van der Waals surface area contributed by atoms with Gasteiger partial charge in [0, 0.05) is 39.4 Å². The Morgan fingerprint density at radius 3 is 2.64 bits per heavy atom. The van der Waals surface area contributed by atoms with Gasteiger partial charge in [-0.3, -0.25) is 0 Å². The van der Waals surface area contributed by atoms with Crippen LogP contribution in [0.1, 0.15) is 18.9 Å². The van der Waals surface area contributed by atoms with E-state index >= 15 is 0 Å². The van der Waals surface area contributed by atoms with Gasteiger partial charge in [0.1, 0.15) is 0 Å². The third kappa shape index (κ3) is 4.37. The smallest absolute Gasteiger partial charge is 0.317 e. The highest BCUT2D eigenvalue weighted by Crippen LogP contribution is 2.17. The minimum atomic E-state index is -0.405. The van der Waals surface area contributed by atoms with Gasteiger partial charge in [-0.05, 0) is 36.5 Å². The zero-order chi connectivity index (χ0) is 16.1. The third-order valence-electron chi connectivity index (χ3n) is 4.35. The molecule has 1 aromatic carbocycles. The molecule has 1 aromatic rings. The number of rotatable bonds is 4. The van der Waals surface area contributed by atoms with Gasteiger partial charge < -0.3 is 20.2 Å². The number of likely N-dealkylation sites (tertiary alicyclic amines) is 1. The van der Waals surface area contributed by atoms with Gasteiger partial charge in [-0.1, -0.05) is 19.1 Å². The molecule has 0 bridgehead atoms. The van der Waals surface area contributed by atoms with Crippen LogP contribution < -0.4 is 10.2 Å². The predicted molar refractivity (Wildman–Crippen MR) is 89.2 cm³/mol. The fourth-order valence-electron chi connectivity index (χ4n) is 2.62. The van der Waals surface area contributed by atoms with Crippen LogP contribution in [0.3, 0.4) is 0 Å². The van der Waals surface area contributed by atoms with Crippen molar-refractivity contribution in [2.75, 3.05) is 38.6 Å². The number of nitrogens with zero attached hydrogens (tertiary/aromatic N) is 2. The first-order valence-electron chi connectivity index (χ1n) is 7.94. The normalized spacial score (nSPS) is 21.5. The molecule has 2 amide bonds. The van der Waals surface area contributed by atoms with Gasteiger partial charge in [0.25, 0.3) is 0 Å². The molecule has 0 aliphatic carbocycles. The molecule has 2 atom stereocenters. The predicted octanol–water partition coefficient (Wildman–Crippen LogP) is 1.71. The van der Waals surface area contributed by atoms with Gasteiger partial charge in [-0.25, -0.2) is 4.79 Å². The second kappa shape index (κ2) is 7.49. The first-order valence-corrected chi connectivity index (χ1v) is 7.94. The number of hydrogen-bond acceptors (Lipinski definition) is 3. The van der Waals surface area contributed by atoms with E-state index in [2.05, 4.69) is 34.5 Å². The molecule has 2 rings (SSSR count). The summed E-state index contributed by atoms with van der Waals surface area (Å²) in [6.07, 6.45) is 1.27. The number of anilines is 1. The summed E-state index contributed by atoms with van der Waals surface area (Å²) in [5.41, 5.74) is 2.38. The van der Waals surface area contributed by atoms with Crippen molar-refractivity contribution in [3.63, 3.8) is 0 Å². The number of amides is 2. The summed E-state index contributed by atoms with van der Waals surface area (Å²) in [5, 5.41) is 12.8. The summed E-state index contributed by atoms with van der Waals surface area (Å²) in [7, 11) is 4.03. The average molecular weight is 305 g/mol. The highest BCUT2D eigenvalue weighted by Gasteiger charge is 2.26. The maximum atomic E-state index is 12.1. The number of hydrogen-bond donors (Lipinski definition) is 2. The number of β-amino-alcohol motifs (C(OH)–C–C–N with tert-alkyl or cyclic N) is 1. The number of carbonyl (C=O) groups excluding carboxylic acids is 1. The molecule has 0 saturated carbocycles. The van der Waals surface area contributed by atoms with Crippen LogP contribution in [0.25, 0.3) is 0 Å². The number of urea groups is 1. The quantitative estimate of drug-likeness (QED) is 0.890. The number of aliphatic hydroxyl groups is 1. The van der Waals surface area contributed by atoms with Crippen molar-refractivity contribution in [2.45, 2.75) is 25.9 Å². The van der Waals surface area contributed by atoms with E-state index in [1.807, 2.05) is 21.0 Å². The van der Waals surface area contributed by atoms with Crippen LogP contribution in [0.5, 0.6) is 0 Å². The SMILES string of the molecule is CC1CCN(C(=O)NCCc2ccc(N(C)C)cc2)CC1O. The topological polar surface area (TPSA) is 55.8 Å². The Hall–Kier alpha value is -1.75. The Morgan fingerprint density at radius 2 is 2.05 bits per heavy atom. The number of nitrogens with one attached hydrogen (secondary N) is 1. The van der Waals surface area contributed by atoms with Crippen LogP contribution in [0.15, 0.2) is 24.3 Å². The molecule has 5 nitrogen and oxygen atoms in total. The summed E-state index contributed by atoms with van der Waals surface area (Å²) in [6.45, 7) is 3.80. The molecule has 1 aliphatic rings. The monoisotopic (exact) mass is 305 g/mol. The summed E-state index contributed by atoms with van der Waals surface area (Å²) < 4.78 is 0. The molecule has 1 heterocycles. The average Bonchev–Trinajstić information content (AvgIpc) is 2.50. The molecule has 2 N–H and O–H groups in total. The van der Waals surface area contributed by atoms with Crippen molar-refractivity contribution in [1.29, 1.82) is 0 Å². The molecule has 22 heavy (non-hydrogen) atoms. The van der Waals surface area contributed by atoms with E-state index in [-0.39, 0.29) is 11.9 Å². The molecule has 122 valence electrons. The first-order chi connectivity index (χ1) is 10.5. The lowest BCUT2D eigenvalue weighted by atomic mass is 9.96. The van der Waals surface area contributed by atoms with Gasteiger partial charge in [0.2, 0.25) is 0 Å². The molecular weight excluding hydrogens is 278 g/mol. The fourth-order valence-corrected chi connectivity index (χ4v) is 2.62. The van der Waals surface area contributed by atoms with Crippen LogP contribution in [0.4, 0.5) is 10.5 Å². The maximum Gasteiger partial charge on any atom is 0.317 e. The summed E-state index contributed by atoms with van der Waals surface area (Å²) in [6, 6.07) is 8.27. The minimum absolute atomic E-state index is 0.0733. The number of aliphatic hydroxyl groups excluding tert-OH is 1. The summed E-state index contributed by atoms with van der Waals surface area (Å²) >= 11 is 0. The lowest BCUT2D eigenvalue weighted by Crippen LogP contribution is -2.49. The van der Waals surface area contributed by atoms with Gasteiger partial charge in [-0.15, -0.1) is 0 Å². The van der Waals surface area contributed by atoms with Crippen LogP contribution in [0.2, 0.25) is 0 Å². The molecule has 0 radical (unpaired) electrons. The van der Waals surface area contributed by atoms with Crippen LogP contribution in [0, 0.1) is 5.92 Å². The Kier molecular flexibility index (Phi) is 5.66. The first kappa shape index (κ1) is 16.6. The van der Waals surface area contributed by atoms with Crippen molar-refractivity contribution in [3.8, 4) is 0 Å². The van der Waals surface area contributed by atoms with E-state index in [0.717, 1.165) is 19.4 Å². The zero-order valence-electron chi connectivity index (χ0n) is 13.7. The number of piperidine rings is 1. The molecule has 1 fully saturated rings. The van der Waals surface area contributed by atoms with E-state index < -0.39 is 6.10 Å². The Bertz CT molecular complexity index is 487. The van der Waals surface area contributed by atoms with E-state index in [4.69, 9.17) is 0 Å². The van der Waals surface area contributed by atoms with Crippen molar-refractivity contribution in [1.82, 2.24) is 10.2 Å². The third-order valence-corrected chi connectivity index (χ3v) is 4.35. The van der Waals surface area contributed by atoms with Gasteiger partial charge >= 0.3 is 6.03 Å². The summed E-state index contributed by atoms with van der Waals surface area (Å²) in [5.74, 6) is 0.277. The molecule has 1 saturated heterocycles. The second-order valence-corrected chi connectivity index (χ2v) is 6.32. The molecule has 2 unspecified atom stereocenters. The van der Waals surface area contributed by atoms with E-state index in [0.29, 0.717) is 13.1 Å². The van der Waals surface area contributed by atoms with Crippen molar-refractivity contribution in [3.05, 3.63) is 29.8 Å². The van der Waals surface area contributed by atoms with E-state index in [9.17, 15) is 9.90 Å². The molecule has 1 aliphatic heterocycles. The van der Waals surface area contributed by atoms with Gasteiger partial charge in [-0.2, -0.15) is 0 Å².